The first-order chi connectivity index (χ1) is 17.6. The second-order valence-electron chi connectivity index (χ2n) is 8.37. The summed E-state index contributed by atoms with van der Waals surface area (Å²) in [6, 6.07) is 8.74. The van der Waals surface area contributed by atoms with Gasteiger partial charge in [-0.3, -0.25) is 19.6 Å². The number of allylic oxidation sites excluding steroid dienone is 1. The van der Waals surface area contributed by atoms with Crippen molar-refractivity contribution in [2.75, 3.05) is 13.2 Å². The van der Waals surface area contributed by atoms with Crippen molar-refractivity contribution in [2.45, 2.75) is 45.7 Å². The molecule has 0 saturated heterocycles. The number of benzene rings is 1. The Morgan fingerprint density at radius 3 is 2.24 bits per heavy atom. The second kappa shape index (κ2) is 11.9. The van der Waals surface area contributed by atoms with Gasteiger partial charge in [0, 0.05) is 29.6 Å². The smallest absolute Gasteiger partial charge is 0.393 e. The van der Waals surface area contributed by atoms with Gasteiger partial charge in [-0.2, -0.15) is 13.2 Å². The Bertz CT molecular complexity index is 1220. The molecule has 0 N–H and O–H groups in total. The summed E-state index contributed by atoms with van der Waals surface area (Å²) in [5.41, 5.74) is 0.443. The van der Waals surface area contributed by atoms with E-state index in [2.05, 4.69) is 9.98 Å². The lowest BCUT2D eigenvalue weighted by atomic mass is 9.73. The third kappa shape index (κ3) is 6.69. The molecule has 0 saturated carbocycles. The lowest BCUT2D eigenvalue weighted by Crippen LogP contribution is -2.37. The maximum atomic E-state index is 13.5. The number of alkyl halides is 3. The van der Waals surface area contributed by atoms with Crippen molar-refractivity contribution in [2.24, 2.45) is 10.9 Å². The molecule has 0 bridgehead atoms. The first-order valence-corrected chi connectivity index (χ1v) is 11.8. The van der Waals surface area contributed by atoms with E-state index in [4.69, 9.17) is 9.47 Å². The first kappa shape index (κ1) is 27.8. The van der Waals surface area contributed by atoms with Crippen molar-refractivity contribution in [3.8, 4) is 0 Å². The van der Waals surface area contributed by atoms with Gasteiger partial charge in [0.2, 0.25) is 0 Å². The number of hydrogen-bond acceptors (Lipinski definition) is 7. The molecule has 1 aliphatic heterocycles. The van der Waals surface area contributed by atoms with Crippen molar-refractivity contribution in [1.29, 1.82) is 0 Å². The number of halogens is 3. The van der Waals surface area contributed by atoms with E-state index in [1.54, 1.807) is 13.8 Å². The number of rotatable bonds is 9. The number of carbonyl (C=O) groups is 3. The summed E-state index contributed by atoms with van der Waals surface area (Å²) < 4.78 is 50.9. The Kier molecular flexibility index (Phi) is 8.96. The molecular weight excluding hydrogens is 489 g/mol. The monoisotopic (exact) mass is 516 g/mol. The van der Waals surface area contributed by atoms with Gasteiger partial charge in [0.1, 0.15) is 5.92 Å². The van der Waals surface area contributed by atoms with Crippen molar-refractivity contribution >= 4 is 23.4 Å². The van der Waals surface area contributed by atoms with E-state index in [0.717, 1.165) is 0 Å². The average molecular weight is 517 g/mol. The molecular formula is C27H27F3N2O5. The molecule has 2 heterocycles. The summed E-state index contributed by atoms with van der Waals surface area (Å²) in [4.78, 5) is 47.7. The van der Waals surface area contributed by atoms with E-state index < -0.39 is 36.4 Å². The van der Waals surface area contributed by atoms with Crippen molar-refractivity contribution in [3.05, 3.63) is 76.8 Å². The van der Waals surface area contributed by atoms with Crippen molar-refractivity contribution < 1.29 is 37.0 Å². The van der Waals surface area contributed by atoms with Crippen LogP contribution in [0.25, 0.3) is 0 Å². The normalized spacial score (nSPS) is 17.7. The first-order valence-electron chi connectivity index (χ1n) is 11.8. The van der Waals surface area contributed by atoms with Crippen LogP contribution in [0.2, 0.25) is 0 Å². The summed E-state index contributed by atoms with van der Waals surface area (Å²) in [6.45, 7) is 4.69. The number of esters is 2. The number of Topliss-reactive ketones (excluding diaryl/α,β-unsaturated/α-hetero) is 1. The molecule has 1 unspecified atom stereocenters. The van der Waals surface area contributed by atoms with E-state index >= 15 is 0 Å². The fourth-order valence-electron chi connectivity index (χ4n) is 4.40. The van der Waals surface area contributed by atoms with Gasteiger partial charge >= 0.3 is 18.1 Å². The SMILES string of the molecule is CCOC(=O)C1=C(CC(=O)c2ccncc2)N=C(C)C(C(=O)OCC)[C@H]1c1ccccc1CC(F)(F)F. The topological polar surface area (TPSA) is 94.9 Å². The van der Waals surface area contributed by atoms with Crippen LogP contribution >= 0.6 is 0 Å². The van der Waals surface area contributed by atoms with E-state index in [1.165, 1.54) is 55.7 Å². The van der Waals surface area contributed by atoms with Gasteiger partial charge in [-0.1, -0.05) is 24.3 Å². The predicted molar refractivity (Wildman–Crippen MR) is 129 cm³/mol. The number of aromatic nitrogens is 1. The molecule has 1 aliphatic rings. The van der Waals surface area contributed by atoms with E-state index in [-0.39, 0.29) is 53.5 Å². The Morgan fingerprint density at radius 1 is 0.973 bits per heavy atom. The lowest BCUT2D eigenvalue weighted by Gasteiger charge is -2.33. The summed E-state index contributed by atoms with van der Waals surface area (Å²) >= 11 is 0. The molecule has 0 spiro atoms. The molecule has 2 atom stereocenters. The standard InChI is InChI=1S/C27H27F3N2O5/c1-4-36-25(34)22-16(3)32-20(14-21(33)17-10-12-31-13-11-17)24(26(35)37-5-2)23(22)19-9-7-6-8-18(19)15-27(28,29)30/h6-13,22-23H,4-5,14-15H2,1-3H3/t22?,23-/m1/s1. The van der Waals surface area contributed by atoms with Crippen LogP contribution < -0.4 is 0 Å². The van der Waals surface area contributed by atoms with Crippen LogP contribution in [0.4, 0.5) is 13.2 Å². The van der Waals surface area contributed by atoms with Crippen molar-refractivity contribution in [3.63, 3.8) is 0 Å². The zero-order valence-electron chi connectivity index (χ0n) is 20.7. The maximum Gasteiger partial charge on any atom is 0.393 e. The number of pyridine rings is 1. The summed E-state index contributed by atoms with van der Waals surface area (Å²) in [6.07, 6.45) is -3.26. The summed E-state index contributed by atoms with van der Waals surface area (Å²) in [5.74, 6) is -4.37. The number of nitrogens with zero attached hydrogens (tertiary/aromatic N) is 2. The van der Waals surface area contributed by atoms with Gasteiger partial charge in [0.05, 0.1) is 37.3 Å². The van der Waals surface area contributed by atoms with Gasteiger partial charge in [0.15, 0.2) is 5.78 Å². The highest BCUT2D eigenvalue weighted by atomic mass is 19.4. The van der Waals surface area contributed by atoms with E-state index in [0.29, 0.717) is 5.56 Å². The molecule has 0 fully saturated rings. The van der Waals surface area contributed by atoms with Crippen LogP contribution in [0.1, 0.15) is 54.6 Å². The third-order valence-corrected chi connectivity index (χ3v) is 5.86. The van der Waals surface area contributed by atoms with E-state index in [1.807, 2.05) is 0 Å². The second-order valence-corrected chi connectivity index (χ2v) is 8.37. The van der Waals surface area contributed by atoms with E-state index in [9.17, 15) is 27.6 Å². The fraction of sp³-hybridized carbons (Fsp3) is 0.370. The Balaban J connectivity index is 2.25. The summed E-state index contributed by atoms with van der Waals surface area (Å²) in [5, 5.41) is 0. The molecule has 2 aromatic rings. The molecule has 7 nitrogen and oxygen atoms in total. The highest BCUT2D eigenvalue weighted by Crippen LogP contribution is 2.43. The molecule has 0 amide bonds. The highest BCUT2D eigenvalue weighted by Gasteiger charge is 2.45. The quantitative estimate of drug-likeness (QED) is 0.343. The molecule has 0 aliphatic carbocycles. The fourth-order valence-corrected chi connectivity index (χ4v) is 4.40. The molecule has 37 heavy (non-hydrogen) atoms. The predicted octanol–water partition coefficient (Wildman–Crippen LogP) is 5.01. The minimum Gasteiger partial charge on any atom is -0.465 e. The molecule has 1 aromatic carbocycles. The van der Waals surface area contributed by atoms with Crippen LogP contribution in [0.3, 0.4) is 0 Å². The number of hydrogen-bond donors (Lipinski definition) is 0. The maximum absolute atomic E-state index is 13.5. The largest absolute Gasteiger partial charge is 0.465 e. The third-order valence-electron chi connectivity index (χ3n) is 5.86. The lowest BCUT2D eigenvalue weighted by molar-refractivity contribution is -0.146. The number of aliphatic imine (C=N–C) groups is 1. The molecule has 10 heteroatoms. The summed E-state index contributed by atoms with van der Waals surface area (Å²) in [7, 11) is 0. The molecule has 1 aromatic heterocycles. The zero-order valence-corrected chi connectivity index (χ0v) is 20.7. The van der Waals surface area contributed by atoms with Crippen LogP contribution in [0, 0.1) is 5.92 Å². The molecule has 3 rings (SSSR count). The Hall–Kier alpha value is -3.82. The molecule has 0 radical (unpaired) electrons. The van der Waals surface area contributed by atoms with Crippen LogP contribution in [0.15, 0.2) is 65.1 Å². The zero-order chi connectivity index (χ0) is 27.2. The van der Waals surface area contributed by atoms with Crippen molar-refractivity contribution in [1.82, 2.24) is 4.98 Å². The minimum atomic E-state index is -4.54. The van der Waals surface area contributed by atoms with Gasteiger partial charge in [-0.25, -0.2) is 4.79 Å². The number of carbonyl (C=O) groups excluding carboxylic acids is 3. The average Bonchev–Trinajstić information content (AvgIpc) is 2.83. The van der Waals surface area contributed by atoms with Crippen LogP contribution in [-0.4, -0.2) is 47.8 Å². The van der Waals surface area contributed by atoms with Gasteiger partial charge in [0.25, 0.3) is 0 Å². The highest BCUT2D eigenvalue weighted by molar-refractivity contribution is 6.08. The molecule has 196 valence electrons. The van der Waals surface area contributed by atoms with Crippen LogP contribution in [-0.2, 0) is 25.5 Å². The van der Waals surface area contributed by atoms with Gasteiger partial charge in [-0.15, -0.1) is 0 Å². The number of ether oxygens (including phenoxy) is 2. The minimum absolute atomic E-state index is 0.0192. The Labute approximate surface area is 212 Å². The van der Waals surface area contributed by atoms with Crippen LogP contribution in [0.5, 0.6) is 0 Å². The van der Waals surface area contributed by atoms with Gasteiger partial charge in [-0.05, 0) is 44.0 Å². The van der Waals surface area contributed by atoms with Gasteiger partial charge < -0.3 is 9.47 Å². The Morgan fingerprint density at radius 2 is 1.62 bits per heavy atom. The number of ketones is 1.